The van der Waals surface area contributed by atoms with Crippen LogP contribution in [0.3, 0.4) is 0 Å². The van der Waals surface area contributed by atoms with Gasteiger partial charge in [-0.3, -0.25) is 0 Å². The summed E-state index contributed by atoms with van der Waals surface area (Å²) in [6, 6.07) is 58.6. The summed E-state index contributed by atoms with van der Waals surface area (Å²) in [6.07, 6.45) is 0. The lowest BCUT2D eigenvalue weighted by molar-refractivity contribution is 0.669. The largest absolute Gasteiger partial charge is 0.456 e. The van der Waals surface area contributed by atoms with Crippen LogP contribution >= 0.6 is 0 Å². The molecule has 0 atom stereocenters. The van der Waals surface area contributed by atoms with Crippen molar-refractivity contribution in [1.82, 2.24) is 19.5 Å². The van der Waals surface area contributed by atoms with Crippen LogP contribution in [-0.2, 0) is 0 Å². The number of para-hydroxylation sites is 3. The summed E-state index contributed by atoms with van der Waals surface area (Å²) in [5, 5.41) is 4.64. The molecule has 0 saturated carbocycles. The molecule has 5 heteroatoms. The molecule has 10 aromatic rings. The number of hydrogen-bond donors (Lipinski definition) is 0. The average molecular weight is 641 g/mol. The van der Waals surface area contributed by atoms with E-state index in [4.69, 9.17) is 19.4 Å². The van der Waals surface area contributed by atoms with E-state index in [0.29, 0.717) is 17.5 Å². The molecule has 0 aliphatic rings. The van der Waals surface area contributed by atoms with Crippen molar-refractivity contribution in [1.29, 1.82) is 0 Å². The van der Waals surface area contributed by atoms with Crippen LogP contribution in [0.25, 0.3) is 94.7 Å². The van der Waals surface area contributed by atoms with Gasteiger partial charge >= 0.3 is 0 Å². The standard InChI is InChI=1S/C45H28N4O/c1-2-13-29(14-3-1)43-46-44(31-16-10-15-30(27-31)34-22-12-26-41-42(34)37-21-6-9-25-40(37)50-41)48-45(47-43)32-17-11-18-33(28-32)49-38-23-7-4-19-35(38)36-20-5-8-24-39(36)49/h1-28H. The summed E-state index contributed by atoms with van der Waals surface area (Å²) in [7, 11) is 0. The maximum atomic E-state index is 6.21. The van der Waals surface area contributed by atoms with Crippen LogP contribution in [0.1, 0.15) is 0 Å². The fourth-order valence-corrected chi connectivity index (χ4v) is 7.18. The van der Waals surface area contributed by atoms with Gasteiger partial charge in [0.2, 0.25) is 0 Å². The second-order valence-corrected chi connectivity index (χ2v) is 12.5. The van der Waals surface area contributed by atoms with Crippen LogP contribution in [0.2, 0.25) is 0 Å². The molecule has 0 N–H and O–H groups in total. The molecule has 10 rings (SSSR count). The van der Waals surface area contributed by atoms with Gasteiger partial charge in [0.05, 0.1) is 11.0 Å². The van der Waals surface area contributed by atoms with E-state index in [9.17, 15) is 0 Å². The third-order valence-electron chi connectivity index (χ3n) is 9.44. The smallest absolute Gasteiger partial charge is 0.164 e. The van der Waals surface area contributed by atoms with Crippen LogP contribution in [-0.4, -0.2) is 19.5 Å². The van der Waals surface area contributed by atoms with Gasteiger partial charge in [0, 0.05) is 43.9 Å². The van der Waals surface area contributed by atoms with Crippen LogP contribution in [0.5, 0.6) is 0 Å². The SMILES string of the molecule is c1ccc(-c2nc(-c3cccc(-c4cccc5oc6ccccc6c45)c3)nc(-c3cccc(-n4c5ccccc5c5ccccc54)c3)n2)cc1. The molecule has 3 aromatic heterocycles. The fourth-order valence-electron chi connectivity index (χ4n) is 7.18. The average Bonchev–Trinajstić information content (AvgIpc) is 3.74. The van der Waals surface area contributed by atoms with Crippen molar-refractivity contribution < 1.29 is 4.42 Å². The van der Waals surface area contributed by atoms with E-state index in [0.717, 1.165) is 66.5 Å². The second kappa shape index (κ2) is 11.4. The Labute approximate surface area is 287 Å². The molecule has 234 valence electrons. The van der Waals surface area contributed by atoms with Crippen molar-refractivity contribution in [2.24, 2.45) is 0 Å². The van der Waals surface area contributed by atoms with Crippen molar-refractivity contribution in [3.63, 3.8) is 0 Å². The molecule has 0 saturated heterocycles. The van der Waals surface area contributed by atoms with Gasteiger partial charge < -0.3 is 8.98 Å². The molecule has 5 nitrogen and oxygen atoms in total. The molecule has 0 radical (unpaired) electrons. The molecule has 0 aliphatic heterocycles. The highest BCUT2D eigenvalue weighted by Gasteiger charge is 2.17. The zero-order chi connectivity index (χ0) is 33.0. The third kappa shape index (κ3) is 4.60. The highest BCUT2D eigenvalue weighted by molar-refractivity contribution is 6.12. The molecule has 3 heterocycles. The Morgan fingerprint density at radius 2 is 0.900 bits per heavy atom. The van der Waals surface area contributed by atoms with E-state index in [1.165, 1.54) is 10.8 Å². The zero-order valence-electron chi connectivity index (χ0n) is 26.9. The van der Waals surface area contributed by atoms with Crippen molar-refractivity contribution in [2.45, 2.75) is 0 Å². The van der Waals surface area contributed by atoms with Crippen molar-refractivity contribution in [3.05, 3.63) is 170 Å². The molecule has 7 aromatic carbocycles. The normalized spacial score (nSPS) is 11.6. The minimum atomic E-state index is 0.613. The van der Waals surface area contributed by atoms with E-state index in [1.54, 1.807) is 0 Å². The molecular weight excluding hydrogens is 613 g/mol. The predicted octanol–water partition coefficient (Wildman–Crippen LogP) is 11.5. The molecule has 0 fully saturated rings. The Kier molecular flexibility index (Phi) is 6.42. The second-order valence-electron chi connectivity index (χ2n) is 12.5. The van der Waals surface area contributed by atoms with Crippen LogP contribution in [0.15, 0.2) is 174 Å². The van der Waals surface area contributed by atoms with Gasteiger partial charge in [-0.2, -0.15) is 0 Å². The molecule has 50 heavy (non-hydrogen) atoms. The Morgan fingerprint density at radius 1 is 0.380 bits per heavy atom. The number of benzene rings is 7. The fraction of sp³-hybridized carbons (Fsp3) is 0. The first-order valence-electron chi connectivity index (χ1n) is 16.7. The molecule has 0 bridgehead atoms. The summed E-state index contributed by atoms with van der Waals surface area (Å²) < 4.78 is 8.53. The summed E-state index contributed by atoms with van der Waals surface area (Å²) in [4.78, 5) is 15.2. The van der Waals surface area contributed by atoms with Gasteiger partial charge in [0.15, 0.2) is 17.5 Å². The first kappa shape index (κ1) is 28.2. The highest BCUT2D eigenvalue weighted by Crippen LogP contribution is 2.38. The number of hydrogen-bond acceptors (Lipinski definition) is 4. The molecular formula is C45H28N4O. The van der Waals surface area contributed by atoms with E-state index >= 15 is 0 Å². The van der Waals surface area contributed by atoms with Gasteiger partial charge in [-0.15, -0.1) is 0 Å². The summed E-state index contributed by atoms with van der Waals surface area (Å²) in [6.45, 7) is 0. The number of rotatable bonds is 5. The van der Waals surface area contributed by atoms with E-state index in [2.05, 4.69) is 120 Å². The Morgan fingerprint density at radius 3 is 1.64 bits per heavy atom. The van der Waals surface area contributed by atoms with Gasteiger partial charge in [-0.05, 0) is 53.6 Å². The summed E-state index contributed by atoms with van der Waals surface area (Å²) in [5.74, 6) is 1.85. The Balaban J connectivity index is 1.14. The van der Waals surface area contributed by atoms with Crippen LogP contribution < -0.4 is 0 Å². The first-order chi connectivity index (χ1) is 24.8. The minimum absolute atomic E-state index is 0.613. The van der Waals surface area contributed by atoms with Gasteiger partial charge in [-0.1, -0.05) is 127 Å². The summed E-state index contributed by atoms with van der Waals surface area (Å²) >= 11 is 0. The van der Waals surface area contributed by atoms with Gasteiger partial charge in [0.25, 0.3) is 0 Å². The first-order valence-corrected chi connectivity index (χ1v) is 16.7. The van der Waals surface area contributed by atoms with Gasteiger partial charge in [-0.25, -0.2) is 15.0 Å². The summed E-state index contributed by atoms with van der Waals surface area (Å²) in [5.41, 5.74) is 10.0. The lowest BCUT2D eigenvalue weighted by Gasteiger charge is -2.12. The molecule has 0 unspecified atom stereocenters. The van der Waals surface area contributed by atoms with Crippen molar-refractivity contribution in [3.8, 4) is 51.0 Å². The maximum Gasteiger partial charge on any atom is 0.164 e. The lowest BCUT2D eigenvalue weighted by Crippen LogP contribution is -2.01. The van der Waals surface area contributed by atoms with Gasteiger partial charge in [0.1, 0.15) is 11.2 Å². The number of fused-ring (bicyclic) bond motifs is 6. The molecule has 0 spiro atoms. The quantitative estimate of drug-likeness (QED) is 0.188. The number of nitrogens with zero attached hydrogens (tertiary/aromatic N) is 4. The third-order valence-corrected chi connectivity index (χ3v) is 9.44. The monoisotopic (exact) mass is 640 g/mol. The minimum Gasteiger partial charge on any atom is -0.456 e. The maximum absolute atomic E-state index is 6.21. The van der Waals surface area contributed by atoms with E-state index < -0.39 is 0 Å². The Bertz CT molecular complexity index is 2830. The topological polar surface area (TPSA) is 56.7 Å². The van der Waals surface area contributed by atoms with E-state index in [1.807, 2.05) is 54.6 Å². The number of aromatic nitrogens is 4. The van der Waals surface area contributed by atoms with Crippen LogP contribution in [0.4, 0.5) is 0 Å². The highest BCUT2D eigenvalue weighted by atomic mass is 16.3. The van der Waals surface area contributed by atoms with Crippen LogP contribution in [0, 0.1) is 0 Å². The zero-order valence-corrected chi connectivity index (χ0v) is 26.9. The van der Waals surface area contributed by atoms with E-state index in [-0.39, 0.29) is 0 Å². The predicted molar refractivity (Wildman–Crippen MR) is 203 cm³/mol. The number of furan rings is 1. The van der Waals surface area contributed by atoms with Crippen molar-refractivity contribution in [2.75, 3.05) is 0 Å². The molecule has 0 amide bonds. The molecule has 0 aliphatic carbocycles. The Hall–Kier alpha value is -6.85. The lowest BCUT2D eigenvalue weighted by atomic mass is 9.98. The van der Waals surface area contributed by atoms with Crippen molar-refractivity contribution >= 4 is 43.7 Å².